The highest BCUT2D eigenvalue weighted by Gasteiger charge is 2.33. The van der Waals surface area contributed by atoms with Crippen LogP contribution in [0.3, 0.4) is 0 Å². The molecule has 2 aromatic carbocycles. The zero-order valence-electron chi connectivity index (χ0n) is 19.3. The van der Waals surface area contributed by atoms with E-state index < -0.39 is 0 Å². The van der Waals surface area contributed by atoms with Gasteiger partial charge in [-0.2, -0.15) is 10.2 Å². The second kappa shape index (κ2) is 9.21. The van der Waals surface area contributed by atoms with Crippen molar-refractivity contribution in [2.75, 3.05) is 6.54 Å². The molecule has 0 unspecified atom stereocenters. The van der Waals surface area contributed by atoms with E-state index in [0.717, 1.165) is 35.4 Å². The molecule has 1 amide bonds. The number of aryl methyl sites for hydroxylation is 2. The number of likely N-dealkylation sites (tertiary alicyclic amines) is 1. The minimum absolute atomic E-state index is 0.00921. The van der Waals surface area contributed by atoms with Crippen LogP contribution in [0.2, 0.25) is 0 Å². The quantitative estimate of drug-likeness (QED) is 0.465. The molecule has 1 N–H and O–H groups in total. The topological polar surface area (TPSA) is 79.7 Å². The zero-order chi connectivity index (χ0) is 23.7. The summed E-state index contributed by atoms with van der Waals surface area (Å²) in [6, 6.07) is 16.0. The number of halogens is 1. The third-order valence-corrected chi connectivity index (χ3v) is 6.28. The van der Waals surface area contributed by atoms with Crippen molar-refractivity contribution in [3.63, 3.8) is 0 Å². The second-order valence-corrected chi connectivity index (χ2v) is 8.88. The fourth-order valence-electron chi connectivity index (χ4n) is 4.54. The van der Waals surface area contributed by atoms with E-state index in [9.17, 15) is 9.18 Å². The Labute approximate surface area is 197 Å². The summed E-state index contributed by atoms with van der Waals surface area (Å²) >= 11 is 0. The van der Waals surface area contributed by atoms with Crippen LogP contribution < -0.4 is 0 Å². The summed E-state index contributed by atoms with van der Waals surface area (Å²) in [4.78, 5) is 19.8. The molecule has 0 bridgehead atoms. The number of carbonyl (C=O) groups is 1. The Morgan fingerprint density at radius 1 is 1.09 bits per heavy atom. The van der Waals surface area contributed by atoms with Gasteiger partial charge in [0.2, 0.25) is 0 Å². The maximum Gasteiger partial charge on any atom is 0.254 e. The number of nitrogens with one attached hydrogen (secondary N) is 1. The summed E-state index contributed by atoms with van der Waals surface area (Å²) in [5.74, 6) is 1.06. The number of benzene rings is 2. The lowest BCUT2D eigenvalue weighted by Gasteiger charge is -2.22. The third-order valence-electron chi connectivity index (χ3n) is 6.28. The monoisotopic (exact) mass is 458 g/mol. The highest BCUT2D eigenvalue weighted by molar-refractivity contribution is 5.94. The van der Waals surface area contributed by atoms with Crippen LogP contribution in [0, 0.1) is 19.7 Å². The Morgan fingerprint density at radius 3 is 2.53 bits per heavy atom. The molecule has 1 aliphatic rings. The predicted octanol–water partition coefficient (Wildman–Crippen LogP) is 4.37. The molecule has 0 spiro atoms. The van der Waals surface area contributed by atoms with Gasteiger partial charge in [0, 0.05) is 24.2 Å². The summed E-state index contributed by atoms with van der Waals surface area (Å²) in [5.41, 5.74) is 4.82. The normalized spacial score (nSPS) is 15.7. The highest BCUT2D eigenvalue weighted by Crippen LogP contribution is 2.31. The maximum absolute atomic E-state index is 13.3. The van der Waals surface area contributed by atoms with Crippen molar-refractivity contribution in [3.05, 3.63) is 100 Å². The van der Waals surface area contributed by atoms with Gasteiger partial charge < -0.3 is 4.90 Å². The smallest absolute Gasteiger partial charge is 0.254 e. The van der Waals surface area contributed by atoms with Crippen LogP contribution in [-0.4, -0.2) is 42.3 Å². The highest BCUT2D eigenvalue weighted by atomic mass is 19.1. The molecule has 1 atom stereocenters. The van der Waals surface area contributed by atoms with E-state index >= 15 is 0 Å². The number of nitrogens with zero attached hydrogens (tertiary/aromatic N) is 5. The number of aromatic nitrogens is 5. The van der Waals surface area contributed by atoms with Gasteiger partial charge in [0.05, 0.1) is 18.3 Å². The summed E-state index contributed by atoms with van der Waals surface area (Å²) < 4.78 is 15.1. The molecule has 0 radical (unpaired) electrons. The molecule has 34 heavy (non-hydrogen) atoms. The minimum Gasteiger partial charge on any atom is -0.328 e. The van der Waals surface area contributed by atoms with Gasteiger partial charge in [0.1, 0.15) is 11.6 Å². The van der Waals surface area contributed by atoms with Gasteiger partial charge in [0.15, 0.2) is 5.82 Å². The number of H-pyrrole nitrogens is 1. The standard InChI is InChI=1S/C26H27FN6O/c1-17-14-18(2)33(31-17)16-20-5-9-21(10-6-20)26(34)32-13-3-4-23(32)25-28-24(29-30-25)15-19-7-11-22(27)12-8-19/h5-12,14,23H,3-4,13,15-16H2,1-2H3,(H,28,29,30)/t23-/m1/s1. The molecule has 5 rings (SSSR count). The SMILES string of the molecule is Cc1cc(C)n(Cc2ccc(C(=O)N3CCC[C@@H]3c3n[nH]c(Cc4ccc(F)cc4)n3)cc2)n1. The molecule has 1 aliphatic heterocycles. The van der Waals surface area contributed by atoms with Gasteiger partial charge in [-0.1, -0.05) is 24.3 Å². The minimum atomic E-state index is -0.262. The van der Waals surface area contributed by atoms with E-state index in [0.29, 0.717) is 36.7 Å². The van der Waals surface area contributed by atoms with Crippen molar-refractivity contribution in [1.82, 2.24) is 29.9 Å². The van der Waals surface area contributed by atoms with Gasteiger partial charge in [-0.25, -0.2) is 9.37 Å². The van der Waals surface area contributed by atoms with Gasteiger partial charge in [-0.15, -0.1) is 0 Å². The van der Waals surface area contributed by atoms with E-state index in [1.807, 2.05) is 47.7 Å². The van der Waals surface area contributed by atoms with Gasteiger partial charge >= 0.3 is 0 Å². The molecule has 0 saturated carbocycles. The van der Waals surface area contributed by atoms with Gasteiger partial charge in [0.25, 0.3) is 5.91 Å². The third kappa shape index (κ3) is 4.62. The van der Waals surface area contributed by atoms with Crippen LogP contribution in [0.5, 0.6) is 0 Å². The number of hydrogen-bond acceptors (Lipinski definition) is 4. The molecular formula is C26H27FN6O. The number of hydrogen-bond donors (Lipinski definition) is 1. The van der Waals surface area contributed by atoms with E-state index in [1.54, 1.807) is 12.1 Å². The lowest BCUT2D eigenvalue weighted by molar-refractivity contribution is 0.0730. The van der Waals surface area contributed by atoms with Crippen LogP contribution in [0.4, 0.5) is 4.39 Å². The first-order valence-electron chi connectivity index (χ1n) is 11.5. The first-order chi connectivity index (χ1) is 16.5. The van der Waals surface area contributed by atoms with E-state index in [2.05, 4.69) is 26.3 Å². The summed E-state index contributed by atoms with van der Waals surface area (Å²) in [7, 11) is 0. The number of rotatable bonds is 6. The summed E-state index contributed by atoms with van der Waals surface area (Å²) in [5, 5.41) is 11.9. The largest absolute Gasteiger partial charge is 0.328 e. The number of carbonyl (C=O) groups excluding carboxylic acids is 1. The molecule has 0 aliphatic carbocycles. The first kappa shape index (κ1) is 22.0. The average molecular weight is 459 g/mol. The molecular weight excluding hydrogens is 431 g/mol. The van der Waals surface area contributed by atoms with E-state index in [1.165, 1.54) is 12.1 Å². The first-order valence-corrected chi connectivity index (χ1v) is 11.5. The van der Waals surface area contributed by atoms with Gasteiger partial charge in [-0.05, 0) is 68.1 Å². The fourth-order valence-corrected chi connectivity index (χ4v) is 4.54. The number of aromatic amines is 1. The maximum atomic E-state index is 13.3. The summed E-state index contributed by atoms with van der Waals surface area (Å²) in [6.07, 6.45) is 2.27. The Balaban J connectivity index is 1.27. The Hall–Kier alpha value is -3.81. The van der Waals surface area contributed by atoms with E-state index in [4.69, 9.17) is 0 Å². The summed E-state index contributed by atoms with van der Waals surface area (Å²) in [6.45, 7) is 5.38. The average Bonchev–Trinajstić information content (AvgIpc) is 3.56. The molecule has 1 fully saturated rings. The molecule has 7 nitrogen and oxygen atoms in total. The van der Waals surface area contributed by atoms with Crippen molar-refractivity contribution in [3.8, 4) is 0 Å². The molecule has 174 valence electrons. The van der Waals surface area contributed by atoms with Crippen LogP contribution in [0.1, 0.15) is 63.4 Å². The lowest BCUT2D eigenvalue weighted by atomic mass is 10.1. The Morgan fingerprint density at radius 2 is 1.82 bits per heavy atom. The number of amides is 1. The van der Waals surface area contributed by atoms with Crippen molar-refractivity contribution >= 4 is 5.91 Å². The van der Waals surface area contributed by atoms with Crippen molar-refractivity contribution in [2.45, 2.75) is 45.7 Å². The Bertz CT molecular complexity index is 1290. The Kier molecular flexibility index (Phi) is 5.96. The van der Waals surface area contributed by atoms with Crippen LogP contribution in [0.15, 0.2) is 54.6 Å². The molecule has 1 saturated heterocycles. The van der Waals surface area contributed by atoms with Gasteiger partial charge in [-0.3, -0.25) is 14.6 Å². The molecule has 3 heterocycles. The van der Waals surface area contributed by atoms with E-state index in [-0.39, 0.29) is 17.8 Å². The van der Waals surface area contributed by atoms with Crippen LogP contribution in [-0.2, 0) is 13.0 Å². The van der Waals surface area contributed by atoms with Crippen molar-refractivity contribution in [1.29, 1.82) is 0 Å². The lowest BCUT2D eigenvalue weighted by Crippen LogP contribution is -2.31. The van der Waals surface area contributed by atoms with Crippen molar-refractivity contribution < 1.29 is 9.18 Å². The zero-order valence-corrected chi connectivity index (χ0v) is 19.3. The fraction of sp³-hybridized carbons (Fsp3) is 0.308. The molecule has 4 aromatic rings. The van der Waals surface area contributed by atoms with Crippen LogP contribution in [0.25, 0.3) is 0 Å². The molecule has 2 aromatic heterocycles. The molecule has 8 heteroatoms. The predicted molar refractivity (Wildman–Crippen MR) is 126 cm³/mol. The second-order valence-electron chi connectivity index (χ2n) is 8.88. The van der Waals surface area contributed by atoms with Crippen molar-refractivity contribution in [2.24, 2.45) is 0 Å². The van der Waals surface area contributed by atoms with Crippen LogP contribution >= 0.6 is 0 Å².